The molecule has 0 atom stereocenters. The molecular formula is C84H86Cl4F4Ir2N6Pt4-12. The number of nitrogens with zero attached hydrogens (tertiary/aromatic N) is 6. The summed E-state index contributed by atoms with van der Waals surface area (Å²) in [5.41, 5.74) is 10.1. The van der Waals surface area contributed by atoms with Crippen molar-refractivity contribution in [2.75, 3.05) is 0 Å². The molecule has 0 spiro atoms. The van der Waals surface area contributed by atoms with E-state index in [0.717, 1.165) is 69.3 Å². The maximum atomic E-state index is 13.2. The fraction of sp³-hybridized carbons (Fsp3) is 0.143. The first-order valence-electron chi connectivity index (χ1n) is 29.5. The Labute approximate surface area is 709 Å². The molecule has 0 N–H and O–H groups in total. The molecule has 2 radical (unpaired) electrons. The molecule has 0 bridgehead atoms. The zero-order chi connectivity index (χ0) is 74.3. The quantitative estimate of drug-likeness (QED) is 0.122. The Hall–Kier alpha value is -4.85. The molecule has 0 saturated heterocycles. The van der Waals surface area contributed by atoms with E-state index in [9.17, 15) is 17.6 Å². The summed E-state index contributed by atoms with van der Waals surface area (Å²) in [6, 6.07) is 86.3. The van der Waals surface area contributed by atoms with Gasteiger partial charge in [-0.1, -0.05) is 158 Å². The average Bonchev–Trinajstić information content (AvgIpc) is 0.817. The minimum atomic E-state index is -0.649. The number of aromatic nitrogens is 6. The van der Waals surface area contributed by atoms with E-state index in [-0.39, 0.29) is 89.9 Å². The van der Waals surface area contributed by atoms with Gasteiger partial charge in [0.1, 0.15) is 0 Å². The monoisotopic (exact) mass is 2560 g/mol. The van der Waals surface area contributed by atoms with Gasteiger partial charge in [0.25, 0.3) is 0 Å². The Morgan fingerprint density at radius 2 is 0.462 bits per heavy atom. The van der Waals surface area contributed by atoms with Gasteiger partial charge in [-0.25, -0.2) is 0 Å². The Bertz CT molecular complexity index is 3260. The third kappa shape index (κ3) is 57.3. The van der Waals surface area contributed by atoms with Gasteiger partial charge in [-0.15, -0.1) is 168 Å². The van der Waals surface area contributed by atoms with E-state index in [1.807, 2.05) is 170 Å². The summed E-state index contributed by atoms with van der Waals surface area (Å²) in [5.74, 6) is -2.57. The van der Waals surface area contributed by atoms with Crippen LogP contribution >= 0.6 is 37.7 Å². The summed E-state index contributed by atoms with van der Waals surface area (Å²) >= 11 is 6.44. The van der Waals surface area contributed by atoms with Crippen molar-refractivity contribution in [3.63, 3.8) is 0 Å². The number of halogens is 8. The van der Waals surface area contributed by atoms with Crippen LogP contribution in [0.1, 0.15) is 62.3 Å². The topological polar surface area (TPSA) is 77.3 Å². The molecular weight excluding hydrogens is 2480 g/mol. The second-order valence-corrected chi connectivity index (χ2v) is 23.2. The zero-order valence-electron chi connectivity index (χ0n) is 59.7. The molecule has 0 fully saturated rings. The molecule has 6 aromatic heterocycles. The molecule has 6 nitrogen and oxygen atoms in total. The Morgan fingerprint density at radius 1 is 0.288 bits per heavy atom. The van der Waals surface area contributed by atoms with Crippen molar-refractivity contribution >= 4 is 37.7 Å². The van der Waals surface area contributed by atoms with Crippen molar-refractivity contribution in [3.05, 3.63) is 370 Å². The minimum absolute atomic E-state index is 0. The van der Waals surface area contributed by atoms with E-state index >= 15 is 0 Å². The molecule has 20 heteroatoms. The number of hydrogen-bond donors (Lipinski definition) is 0. The van der Waals surface area contributed by atoms with Crippen LogP contribution in [0.2, 0.25) is 0 Å². The third-order valence-corrected chi connectivity index (χ3v) is 10.2. The van der Waals surface area contributed by atoms with Crippen LogP contribution in [0.15, 0.2) is 268 Å². The van der Waals surface area contributed by atoms with E-state index in [1.165, 1.54) is 0 Å². The summed E-state index contributed by atoms with van der Waals surface area (Å²) in [4.78, 5) is 24.8. The van der Waals surface area contributed by atoms with Gasteiger partial charge in [0.05, 0.1) is 0 Å². The van der Waals surface area contributed by atoms with Crippen LogP contribution in [0.3, 0.4) is 0 Å². The fourth-order valence-electron chi connectivity index (χ4n) is 6.60. The van der Waals surface area contributed by atoms with Gasteiger partial charge in [-0.3, -0.25) is 17.6 Å². The van der Waals surface area contributed by atoms with E-state index in [1.54, 1.807) is 149 Å². The molecule has 12 aromatic rings. The van der Waals surface area contributed by atoms with E-state index in [4.69, 9.17) is 0 Å². The summed E-state index contributed by atoms with van der Waals surface area (Å²) in [6.07, 6.45) is 10.2. The van der Waals surface area contributed by atoms with Crippen molar-refractivity contribution in [3.8, 4) is 67.5 Å². The van der Waals surface area contributed by atoms with Crippen LogP contribution in [0.4, 0.5) is 17.6 Å². The van der Waals surface area contributed by atoms with Gasteiger partial charge in [-0.2, -0.15) is 16.2 Å². The second kappa shape index (κ2) is 67.5. The molecule has 12 rings (SSSR count). The number of benzene rings is 6. The van der Waals surface area contributed by atoms with Crippen molar-refractivity contribution in [1.82, 2.24) is 29.9 Å². The maximum absolute atomic E-state index is 13.2. The molecule has 0 aliphatic rings. The molecule has 0 saturated carbocycles. The number of rotatable bonds is 6. The minimum Gasteiger partial charge on any atom is -0.305 e. The molecule has 0 aliphatic heterocycles. The van der Waals surface area contributed by atoms with E-state index in [0.29, 0.717) is 11.4 Å². The smallest absolute Gasteiger partial charge is 0.0160 e. The summed E-state index contributed by atoms with van der Waals surface area (Å²) in [7, 11) is 18.4. The van der Waals surface area contributed by atoms with Crippen LogP contribution in [0.25, 0.3) is 67.5 Å². The van der Waals surface area contributed by atoms with Gasteiger partial charge < -0.3 is 73.0 Å². The predicted molar refractivity (Wildman–Crippen MR) is 408 cm³/mol. The number of hydrogen-bond acceptors (Lipinski definition) is 6. The van der Waals surface area contributed by atoms with Crippen LogP contribution in [0, 0.1) is 119 Å². The van der Waals surface area contributed by atoms with Crippen molar-refractivity contribution in [1.29, 1.82) is 0 Å². The first kappa shape index (κ1) is 110. The summed E-state index contributed by atoms with van der Waals surface area (Å²) in [5, 5.41) is 0. The maximum Gasteiger partial charge on any atom is 0.0160 e. The van der Waals surface area contributed by atoms with Gasteiger partial charge in [-0.05, 0) is 70.6 Å². The average molecular weight is 2560 g/mol. The zero-order valence-corrected chi connectivity index (χ0v) is 76.6. The molecule has 104 heavy (non-hydrogen) atoms. The normalized spacial score (nSPS) is 9.19. The van der Waals surface area contributed by atoms with Crippen molar-refractivity contribution in [2.24, 2.45) is 16.2 Å². The molecule has 0 unspecified atom stereocenters. The van der Waals surface area contributed by atoms with Gasteiger partial charge in [0.15, 0.2) is 0 Å². The Morgan fingerprint density at radius 3 is 0.606 bits per heavy atom. The molecule has 6 aromatic carbocycles. The van der Waals surface area contributed by atoms with Crippen LogP contribution in [0.5, 0.6) is 0 Å². The van der Waals surface area contributed by atoms with Gasteiger partial charge >= 0.3 is 113 Å². The van der Waals surface area contributed by atoms with E-state index < -0.39 is 23.3 Å². The predicted octanol–water partition coefficient (Wildman–Crippen LogP) is 25.5. The standard InChI is InChI=1S/2C11H6F2N.4C11H8N.3C5H11.3CH3.4ClH.2Ir.4Pt/c2*12-8-4-5-9(10(13)7-8)11-3-1-2-6-14-11;4*1-2-6-10(7-3-1)11-8-4-5-9-12-11;3*1-5(2,3)4;;;;;;;;;;;;;/h2*1-4,6-7H;4*1-6,8-9H;3*1H2,2-4H3;3*1H3;4*1H;;;;;;/q12*-1;;;;;;;4*+1/p-4. The van der Waals surface area contributed by atoms with Crippen LogP contribution in [-0.2, 0) is 115 Å². The first-order valence-corrected chi connectivity index (χ1v) is 40.8. The Balaban J connectivity index is -0.000000259. The summed E-state index contributed by atoms with van der Waals surface area (Å²) < 4.78 is 51.6. The molecule has 578 valence electrons. The second-order valence-electron chi connectivity index (χ2n) is 23.2. The molecule has 0 amide bonds. The van der Waals surface area contributed by atoms with Crippen LogP contribution < -0.4 is 0 Å². The third-order valence-electron chi connectivity index (χ3n) is 10.2. The fourth-order valence-corrected chi connectivity index (χ4v) is 6.60. The summed E-state index contributed by atoms with van der Waals surface area (Å²) in [6.45, 7) is 30.0. The van der Waals surface area contributed by atoms with E-state index in [2.05, 4.69) is 187 Å². The Kier molecular flexibility index (Phi) is 71.4. The van der Waals surface area contributed by atoms with Crippen molar-refractivity contribution < 1.29 is 133 Å². The van der Waals surface area contributed by atoms with Crippen molar-refractivity contribution in [2.45, 2.75) is 62.3 Å². The first-order chi connectivity index (χ1) is 47.4. The van der Waals surface area contributed by atoms with Gasteiger partial charge in [0, 0.05) is 101 Å². The number of pyridine rings is 6. The SMILES string of the molecule is Fc1c[c-]c(-c2ccccn2)c(F)c1.Fc1c[c-]c(-c2ccccn2)c(F)c1.[CH2-]C(C)(C)C.[CH2-]C(C)(C)C.[CH2-]C(C)(C)C.[CH3-].[CH3-].[CH3-].[Cl][Pt].[Cl][Pt].[Cl][Pt].[Cl][Pt].[Ir].[Ir].[c-]1ccccc1-c1ccccn1.[c-]1ccccc1-c1ccccn1.[c-]1ccccc1-c1ccccn1.[c-]1ccccc1-c1ccccn1. The largest absolute Gasteiger partial charge is 0.305 e. The van der Waals surface area contributed by atoms with Gasteiger partial charge in [0.2, 0.25) is 0 Å². The molecule has 0 aliphatic carbocycles. The molecule has 6 heterocycles. The van der Waals surface area contributed by atoms with Crippen LogP contribution in [-0.4, -0.2) is 29.9 Å².